The number of nitrogens with zero attached hydrogens (tertiary/aromatic N) is 1. The van der Waals surface area contributed by atoms with E-state index in [0.29, 0.717) is 6.79 Å². The summed E-state index contributed by atoms with van der Waals surface area (Å²) < 4.78 is 21.8. The molecule has 0 aromatic heterocycles. The first kappa shape index (κ1) is 21.0. The lowest BCUT2D eigenvalue weighted by Gasteiger charge is -2.13. The molecule has 0 bridgehead atoms. The molecule has 1 aromatic rings. The number of rotatable bonds is 8. The minimum absolute atomic E-state index is 0. The minimum atomic E-state index is 0. The van der Waals surface area contributed by atoms with Crippen molar-refractivity contribution in [2.75, 3.05) is 46.8 Å². The van der Waals surface area contributed by atoms with Crippen LogP contribution >= 0.6 is 24.0 Å². The van der Waals surface area contributed by atoms with E-state index in [-0.39, 0.29) is 30.1 Å². The lowest BCUT2D eigenvalue weighted by atomic mass is 10.1. The monoisotopic (exact) mass is 477 g/mol. The van der Waals surface area contributed by atoms with Crippen molar-refractivity contribution in [2.45, 2.75) is 25.4 Å². The van der Waals surface area contributed by atoms with Gasteiger partial charge in [0, 0.05) is 33.4 Å². The molecule has 3 rings (SSSR count). The van der Waals surface area contributed by atoms with E-state index in [0.717, 1.165) is 69.6 Å². The number of hydrogen-bond acceptors (Lipinski definition) is 5. The number of nitrogens with one attached hydrogen (secondary N) is 2. The molecule has 26 heavy (non-hydrogen) atoms. The first-order chi connectivity index (χ1) is 12.3. The third kappa shape index (κ3) is 6.48. The zero-order valence-corrected chi connectivity index (χ0v) is 17.5. The molecule has 2 aliphatic heterocycles. The van der Waals surface area contributed by atoms with Crippen LogP contribution in [0.5, 0.6) is 11.5 Å². The van der Waals surface area contributed by atoms with E-state index < -0.39 is 0 Å². The summed E-state index contributed by atoms with van der Waals surface area (Å²) in [5.41, 5.74) is 1.21. The molecule has 2 heterocycles. The number of benzene rings is 1. The molecule has 7 nitrogen and oxygen atoms in total. The van der Waals surface area contributed by atoms with Crippen molar-refractivity contribution in [1.29, 1.82) is 0 Å². The largest absolute Gasteiger partial charge is 0.454 e. The Bertz CT molecular complexity index is 580. The van der Waals surface area contributed by atoms with Crippen molar-refractivity contribution in [3.63, 3.8) is 0 Å². The van der Waals surface area contributed by atoms with Gasteiger partial charge in [0.25, 0.3) is 0 Å². The van der Waals surface area contributed by atoms with Gasteiger partial charge in [-0.3, -0.25) is 4.99 Å². The predicted octanol–water partition coefficient (Wildman–Crippen LogP) is 1.94. The second-order valence-corrected chi connectivity index (χ2v) is 6.07. The highest BCUT2D eigenvalue weighted by atomic mass is 127. The number of halogens is 1. The number of ether oxygens (including phenoxy) is 4. The van der Waals surface area contributed by atoms with Crippen molar-refractivity contribution < 1.29 is 18.9 Å². The van der Waals surface area contributed by atoms with Gasteiger partial charge in [-0.1, -0.05) is 6.07 Å². The highest BCUT2D eigenvalue weighted by molar-refractivity contribution is 14.0. The Morgan fingerprint density at radius 2 is 2.08 bits per heavy atom. The Hall–Kier alpha value is -1.26. The van der Waals surface area contributed by atoms with E-state index >= 15 is 0 Å². The van der Waals surface area contributed by atoms with Crippen LogP contribution in [0.25, 0.3) is 0 Å². The normalized spacial score (nSPS) is 18.5. The zero-order valence-electron chi connectivity index (χ0n) is 15.2. The summed E-state index contributed by atoms with van der Waals surface area (Å²) in [6.07, 6.45) is 3.12. The van der Waals surface area contributed by atoms with Crippen LogP contribution in [-0.2, 0) is 15.9 Å². The van der Waals surface area contributed by atoms with E-state index in [2.05, 4.69) is 21.7 Å². The van der Waals surface area contributed by atoms with Crippen LogP contribution in [0, 0.1) is 0 Å². The topological polar surface area (TPSA) is 73.3 Å². The van der Waals surface area contributed by atoms with Crippen LogP contribution < -0.4 is 20.1 Å². The van der Waals surface area contributed by atoms with Crippen LogP contribution in [0.15, 0.2) is 23.2 Å². The Morgan fingerprint density at radius 3 is 2.88 bits per heavy atom. The molecule has 0 radical (unpaired) electrons. The molecule has 1 aromatic carbocycles. The van der Waals surface area contributed by atoms with Crippen LogP contribution in [0.1, 0.15) is 18.4 Å². The third-order valence-electron chi connectivity index (χ3n) is 4.22. The molecular formula is C18H28IN3O4. The molecule has 0 amide bonds. The molecule has 0 saturated carbocycles. The fourth-order valence-electron chi connectivity index (χ4n) is 2.82. The average Bonchev–Trinajstić information content (AvgIpc) is 3.31. The van der Waals surface area contributed by atoms with Gasteiger partial charge in [0.15, 0.2) is 17.5 Å². The second-order valence-electron chi connectivity index (χ2n) is 6.07. The van der Waals surface area contributed by atoms with Crippen molar-refractivity contribution >= 4 is 29.9 Å². The Kier molecular flexibility index (Phi) is 9.27. The summed E-state index contributed by atoms with van der Waals surface area (Å²) in [4.78, 5) is 4.24. The predicted molar refractivity (Wildman–Crippen MR) is 111 cm³/mol. The van der Waals surface area contributed by atoms with Gasteiger partial charge < -0.3 is 29.6 Å². The Morgan fingerprint density at radius 1 is 1.23 bits per heavy atom. The first-order valence-electron chi connectivity index (χ1n) is 8.87. The number of guanidine groups is 1. The van der Waals surface area contributed by atoms with Gasteiger partial charge in [-0.25, -0.2) is 0 Å². The first-order valence-corrected chi connectivity index (χ1v) is 8.87. The number of aliphatic imine (C=N–C) groups is 1. The molecule has 1 saturated heterocycles. The Balaban J connectivity index is 0.00000243. The lowest BCUT2D eigenvalue weighted by molar-refractivity contribution is 0.0420. The second kappa shape index (κ2) is 11.5. The molecular weight excluding hydrogens is 449 g/mol. The molecule has 0 aliphatic carbocycles. The maximum absolute atomic E-state index is 5.75. The van der Waals surface area contributed by atoms with E-state index in [1.165, 1.54) is 5.56 Å². The molecule has 1 fully saturated rings. The fraction of sp³-hybridized carbons (Fsp3) is 0.611. The van der Waals surface area contributed by atoms with Gasteiger partial charge in [-0.2, -0.15) is 0 Å². The van der Waals surface area contributed by atoms with Gasteiger partial charge >= 0.3 is 0 Å². The van der Waals surface area contributed by atoms with Crippen molar-refractivity contribution in [2.24, 2.45) is 4.99 Å². The maximum atomic E-state index is 5.75. The van der Waals surface area contributed by atoms with Crippen LogP contribution in [0.2, 0.25) is 0 Å². The summed E-state index contributed by atoms with van der Waals surface area (Å²) in [7, 11) is 1.78. The Labute approximate surface area is 171 Å². The van der Waals surface area contributed by atoms with E-state index in [9.17, 15) is 0 Å². The molecule has 0 spiro atoms. The van der Waals surface area contributed by atoms with E-state index in [1.54, 1.807) is 7.05 Å². The van der Waals surface area contributed by atoms with Crippen molar-refractivity contribution in [3.8, 4) is 11.5 Å². The smallest absolute Gasteiger partial charge is 0.231 e. The third-order valence-corrected chi connectivity index (χ3v) is 4.22. The van der Waals surface area contributed by atoms with Crippen LogP contribution in [-0.4, -0.2) is 58.8 Å². The van der Waals surface area contributed by atoms with E-state index in [1.807, 2.05) is 12.1 Å². The SMILES string of the molecule is CN=C(NCCCOC1CCOC1)NCCc1ccc2c(c1)OCO2.I. The minimum Gasteiger partial charge on any atom is -0.454 e. The number of hydrogen-bond donors (Lipinski definition) is 2. The molecule has 1 unspecified atom stereocenters. The van der Waals surface area contributed by atoms with Gasteiger partial charge in [0.05, 0.1) is 12.7 Å². The quantitative estimate of drug-likeness (QED) is 0.258. The number of fused-ring (bicyclic) bond motifs is 1. The molecule has 146 valence electrons. The van der Waals surface area contributed by atoms with Crippen molar-refractivity contribution in [1.82, 2.24) is 10.6 Å². The van der Waals surface area contributed by atoms with Crippen molar-refractivity contribution in [3.05, 3.63) is 23.8 Å². The van der Waals surface area contributed by atoms with Crippen LogP contribution in [0.3, 0.4) is 0 Å². The summed E-state index contributed by atoms with van der Waals surface area (Å²) in [5.74, 6) is 2.46. The zero-order chi connectivity index (χ0) is 17.3. The van der Waals surface area contributed by atoms with Gasteiger partial charge in [0.2, 0.25) is 6.79 Å². The molecule has 1 atom stereocenters. The molecule has 2 aliphatic rings. The van der Waals surface area contributed by atoms with Gasteiger partial charge in [0.1, 0.15) is 0 Å². The summed E-state index contributed by atoms with van der Waals surface area (Å²) in [5, 5.41) is 6.63. The average molecular weight is 477 g/mol. The summed E-state index contributed by atoms with van der Waals surface area (Å²) >= 11 is 0. The highest BCUT2D eigenvalue weighted by Gasteiger charge is 2.15. The molecule has 8 heteroatoms. The highest BCUT2D eigenvalue weighted by Crippen LogP contribution is 2.32. The lowest BCUT2D eigenvalue weighted by Crippen LogP contribution is -2.39. The summed E-state index contributed by atoms with van der Waals surface area (Å²) in [6, 6.07) is 6.06. The van der Waals surface area contributed by atoms with Crippen LogP contribution in [0.4, 0.5) is 0 Å². The standard InChI is InChI=1S/C18H27N3O4.HI/c1-19-18(20-7-2-9-23-15-6-10-22-12-15)21-8-5-14-3-4-16-17(11-14)25-13-24-16;/h3-4,11,15H,2,5-10,12-13H2,1H3,(H2,19,20,21);1H. The maximum Gasteiger partial charge on any atom is 0.231 e. The van der Waals surface area contributed by atoms with Gasteiger partial charge in [-0.05, 0) is 37.0 Å². The fourth-order valence-corrected chi connectivity index (χ4v) is 2.82. The van der Waals surface area contributed by atoms with E-state index in [4.69, 9.17) is 18.9 Å². The van der Waals surface area contributed by atoms with Gasteiger partial charge in [-0.15, -0.1) is 24.0 Å². The summed E-state index contributed by atoms with van der Waals surface area (Å²) in [6.45, 7) is 4.24. The molecule has 2 N–H and O–H groups in total.